The first kappa shape index (κ1) is 23.9. The summed E-state index contributed by atoms with van der Waals surface area (Å²) in [4.78, 5) is 0. The molecule has 0 aromatic heterocycles. The first-order valence-electron chi connectivity index (χ1n) is 12.4. The fourth-order valence-electron chi connectivity index (χ4n) is 4.53. The molecule has 3 rings (SSSR count). The Morgan fingerprint density at radius 1 is 0.903 bits per heavy atom. The summed E-state index contributed by atoms with van der Waals surface area (Å²) in [5.74, 6) is 2.13. The highest BCUT2D eigenvalue weighted by atomic mass is 16.7. The normalized spacial score (nSPS) is 17.7. The van der Waals surface area contributed by atoms with Crippen molar-refractivity contribution in [2.45, 2.75) is 97.9 Å². The van der Waals surface area contributed by atoms with Crippen LogP contribution in [-0.2, 0) is 11.3 Å². The monoisotopic (exact) mass is 422 g/mol. The Morgan fingerprint density at radius 3 is 2.16 bits per heavy atom. The van der Waals surface area contributed by atoms with E-state index in [1.165, 1.54) is 56.1 Å². The Labute approximate surface area is 190 Å². The zero-order chi connectivity index (χ0) is 22.1. The standard InChI is InChI=1S/C29H42O2/c1-5-29(3,4)23(2)26-17-19-27(20-18-26)31-28(21-24-13-9-6-7-10-14-24)30-22-25-15-11-8-12-16-25/h8,11-12,15-20,23-24,28H,5-7,9-10,13-14,21-22H2,1-4H3. The van der Waals surface area contributed by atoms with Gasteiger partial charge in [-0.15, -0.1) is 0 Å². The van der Waals surface area contributed by atoms with Gasteiger partial charge in [-0.05, 0) is 40.5 Å². The lowest BCUT2D eigenvalue weighted by molar-refractivity contribution is -0.102. The van der Waals surface area contributed by atoms with Gasteiger partial charge in [0.25, 0.3) is 0 Å². The Morgan fingerprint density at radius 2 is 1.55 bits per heavy atom. The molecule has 0 aliphatic heterocycles. The smallest absolute Gasteiger partial charge is 0.200 e. The van der Waals surface area contributed by atoms with Gasteiger partial charge >= 0.3 is 0 Å². The molecule has 0 spiro atoms. The van der Waals surface area contributed by atoms with Crippen molar-refractivity contribution in [2.24, 2.45) is 11.3 Å². The molecular weight excluding hydrogens is 380 g/mol. The summed E-state index contributed by atoms with van der Waals surface area (Å²) in [6, 6.07) is 19.1. The molecule has 2 unspecified atom stereocenters. The predicted molar refractivity (Wildman–Crippen MR) is 130 cm³/mol. The molecule has 2 nitrogen and oxygen atoms in total. The van der Waals surface area contributed by atoms with E-state index in [0.29, 0.717) is 23.9 Å². The van der Waals surface area contributed by atoms with Gasteiger partial charge in [0.1, 0.15) is 5.75 Å². The van der Waals surface area contributed by atoms with Gasteiger partial charge in [0.15, 0.2) is 6.29 Å². The van der Waals surface area contributed by atoms with E-state index < -0.39 is 0 Å². The Bertz CT molecular complexity index is 742. The number of ether oxygens (including phenoxy) is 2. The first-order chi connectivity index (χ1) is 15.0. The molecule has 2 atom stereocenters. The quantitative estimate of drug-likeness (QED) is 0.282. The topological polar surface area (TPSA) is 18.5 Å². The summed E-state index contributed by atoms with van der Waals surface area (Å²) >= 11 is 0. The molecule has 1 aliphatic carbocycles. The zero-order valence-corrected chi connectivity index (χ0v) is 20.1. The van der Waals surface area contributed by atoms with E-state index in [2.05, 4.69) is 76.2 Å². The summed E-state index contributed by atoms with van der Waals surface area (Å²) in [6.07, 6.45) is 10.00. The van der Waals surface area contributed by atoms with Gasteiger partial charge in [0.05, 0.1) is 6.61 Å². The van der Waals surface area contributed by atoms with Crippen molar-refractivity contribution >= 4 is 0 Å². The third-order valence-corrected chi connectivity index (χ3v) is 7.51. The van der Waals surface area contributed by atoms with Crippen molar-refractivity contribution in [1.82, 2.24) is 0 Å². The van der Waals surface area contributed by atoms with Crippen molar-refractivity contribution in [1.29, 1.82) is 0 Å². The minimum Gasteiger partial charge on any atom is -0.465 e. The molecule has 0 saturated heterocycles. The molecule has 0 bridgehead atoms. The van der Waals surface area contributed by atoms with Crippen LogP contribution in [0.3, 0.4) is 0 Å². The van der Waals surface area contributed by atoms with Crippen molar-refractivity contribution in [3.8, 4) is 5.75 Å². The van der Waals surface area contributed by atoms with Crippen LogP contribution in [-0.4, -0.2) is 6.29 Å². The van der Waals surface area contributed by atoms with Crippen molar-refractivity contribution in [2.75, 3.05) is 0 Å². The van der Waals surface area contributed by atoms with E-state index in [0.717, 1.165) is 12.2 Å². The second-order valence-electron chi connectivity index (χ2n) is 10.1. The molecule has 1 saturated carbocycles. The van der Waals surface area contributed by atoms with Crippen LogP contribution < -0.4 is 4.74 Å². The molecule has 1 fully saturated rings. The Hall–Kier alpha value is -1.80. The third kappa shape index (κ3) is 7.38. The van der Waals surface area contributed by atoms with Crippen LogP contribution in [0.25, 0.3) is 0 Å². The number of hydrogen-bond acceptors (Lipinski definition) is 2. The van der Waals surface area contributed by atoms with Gasteiger partial charge in [-0.2, -0.15) is 0 Å². The Kier molecular flexibility index (Phi) is 9.02. The zero-order valence-electron chi connectivity index (χ0n) is 20.1. The first-order valence-corrected chi connectivity index (χ1v) is 12.4. The van der Waals surface area contributed by atoms with Gasteiger partial charge < -0.3 is 9.47 Å². The molecule has 2 aromatic carbocycles. The molecule has 2 heteroatoms. The van der Waals surface area contributed by atoms with E-state index in [9.17, 15) is 0 Å². The highest BCUT2D eigenvalue weighted by Gasteiger charge is 2.25. The van der Waals surface area contributed by atoms with Gasteiger partial charge in [-0.1, -0.05) is 115 Å². The lowest BCUT2D eigenvalue weighted by Gasteiger charge is -2.31. The van der Waals surface area contributed by atoms with E-state index in [1.807, 2.05) is 6.07 Å². The summed E-state index contributed by atoms with van der Waals surface area (Å²) in [5.41, 5.74) is 2.87. The van der Waals surface area contributed by atoms with Crippen LogP contribution >= 0.6 is 0 Å². The third-order valence-electron chi connectivity index (χ3n) is 7.51. The molecule has 1 aliphatic rings. The van der Waals surface area contributed by atoms with E-state index in [1.54, 1.807) is 0 Å². The second kappa shape index (κ2) is 11.7. The van der Waals surface area contributed by atoms with Crippen LogP contribution in [0.5, 0.6) is 5.75 Å². The lowest BCUT2D eigenvalue weighted by atomic mass is 9.74. The van der Waals surface area contributed by atoms with Crippen LogP contribution in [0.4, 0.5) is 0 Å². The van der Waals surface area contributed by atoms with Crippen molar-refractivity contribution < 1.29 is 9.47 Å². The van der Waals surface area contributed by atoms with Crippen molar-refractivity contribution in [3.05, 3.63) is 65.7 Å². The van der Waals surface area contributed by atoms with E-state index in [4.69, 9.17) is 9.47 Å². The summed E-state index contributed by atoms with van der Waals surface area (Å²) in [6.45, 7) is 9.90. The molecule has 0 N–H and O–H groups in total. The molecule has 170 valence electrons. The molecule has 0 amide bonds. The van der Waals surface area contributed by atoms with Gasteiger partial charge in [0, 0.05) is 6.42 Å². The highest BCUT2D eigenvalue weighted by molar-refractivity contribution is 5.30. The second-order valence-corrected chi connectivity index (χ2v) is 10.1. The molecule has 31 heavy (non-hydrogen) atoms. The van der Waals surface area contributed by atoms with Gasteiger partial charge in [-0.25, -0.2) is 0 Å². The summed E-state index contributed by atoms with van der Waals surface area (Å²) in [5, 5.41) is 0. The van der Waals surface area contributed by atoms with Crippen LogP contribution in [0.1, 0.15) is 96.1 Å². The SMILES string of the molecule is CCC(C)(C)C(C)c1ccc(OC(CC2CCCCCC2)OCc2ccccc2)cc1. The summed E-state index contributed by atoms with van der Waals surface area (Å²) in [7, 11) is 0. The average molecular weight is 423 g/mol. The highest BCUT2D eigenvalue weighted by Crippen LogP contribution is 2.38. The fourth-order valence-corrected chi connectivity index (χ4v) is 4.53. The van der Waals surface area contributed by atoms with Gasteiger partial charge in [-0.3, -0.25) is 0 Å². The minimum absolute atomic E-state index is 0.196. The number of benzene rings is 2. The minimum atomic E-state index is -0.196. The van der Waals surface area contributed by atoms with Crippen molar-refractivity contribution in [3.63, 3.8) is 0 Å². The van der Waals surface area contributed by atoms with Crippen LogP contribution in [0.2, 0.25) is 0 Å². The average Bonchev–Trinajstić information content (AvgIpc) is 3.07. The molecule has 0 radical (unpaired) electrons. The number of hydrogen-bond donors (Lipinski definition) is 0. The lowest BCUT2D eigenvalue weighted by Crippen LogP contribution is -2.24. The maximum atomic E-state index is 6.40. The Balaban J connectivity index is 1.66. The van der Waals surface area contributed by atoms with E-state index in [-0.39, 0.29) is 6.29 Å². The van der Waals surface area contributed by atoms with Crippen LogP contribution in [0.15, 0.2) is 54.6 Å². The van der Waals surface area contributed by atoms with E-state index >= 15 is 0 Å². The fraction of sp³-hybridized carbons (Fsp3) is 0.586. The molecule has 0 heterocycles. The maximum Gasteiger partial charge on any atom is 0.200 e. The molecular formula is C29H42O2. The predicted octanol–water partition coefficient (Wildman–Crippen LogP) is 8.51. The molecule has 2 aromatic rings. The maximum absolute atomic E-state index is 6.40. The van der Waals surface area contributed by atoms with Crippen LogP contribution in [0, 0.1) is 11.3 Å². The summed E-state index contributed by atoms with van der Waals surface area (Å²) < 4.78 is 12.7. The largest absolute Gasteiger partial charge is 0.465 e. The number of rotatable bonds is 10. The van der Waals surface area contributed by atoms with Gasteiger partial charge in [0.2, 0.25) is 0 Å².